The van der Waals surface area contributed by atoms with Crippen molar-refractivity contribution in [3.63, 3.8) is 0 Å². The Kier molecular flexibility index (Phi) is 56.3. The molecule has 2 aromatic rings. The Balaban J connectivity index is 0. The number of nitrogens with zero attached hydrogens (tertiary/aromatic N) is 2. The van der Waals surface area contributed by atoms with Gasteiger partial charge in [0.25, 0.3) is 5.87 Å². The van der Waals surface area contributed by atoms with Crippen molar-refractivity contribution in [2.24, 2.45) is 0 Å². The second-order valence-corrected chi connectivity index (χ2v) is 19.6. The van der Waals surface area contributed by atoms with Gasteiger partial charge < -0.3 is 19.4 Å². The maximum atomic E-state index is 8.56. The minimum absolute atomic E-state index is 0. The van der Waals surface area contributed by atoms with Gasteiger partial charge in [-0.25, -0.2) is 0 Å². The molecule has 0 N–H and O–H groups in total. The zero-order chi connectivity index (χ0) is 48.1. The number of allylic oxidation sites excluding steroid dienone is 2. The Morgan fingerprint density at radius 2 is 0.672 bits per heavy atom. The number of hydrogen-bond acceptors (Lipinski definition) is 0. The summed E-state index contributed by atoms with van der Waals surface area (Å²) in [6.07, 6.45) is 62.8. The van der Waals surface area contributed by atoms with Crippen LogP contribution in [0.4, 0.5) is 0 Å². The van der Waals surface area contributed by atoms with Crippen molar-refractivity contribution < 1.29 is 21.3 Å². The quantitative estimate of drug-likeness (QED) is 0.0121. The van der Waals surface area contributed by atoms with Gasteiger partial charge in [-0.2, -0.15) is 12.8 Å². The van der Waals surface area contributed by atoms with Gasteiger partial charge in [0.1, 0.15) is 0 Å². The fourth-order valence-corrected chi connectivity index (χ4v) is 8.82. The van der Waals surface area contributed by atoms with Crippen molar-refractivity contribution in [3.05, 3.63) is 102 Å². The van der Waals surface area contributed by atoms with Crippen LogP contribution in [-0.4, -0.2) is 10.7 Å². The average molecular weight is 966 g/mol. The number of hydrogen-bond donors (Lipinski definition) is 0. The summed E-state index contributed by atoms with van der Waals surface area (Å²) in [7, 11) is 0. The summed E-state index contributed by atoms with van der Waals surface area (Å²) in [6.45, 7) is 16.8. The Labute approximate surface area is 430 Å². The molecule has 0 amide bonds. The predicted molar refractivity (Wildman–Crippen MR) is 299 cm³/mol. The summed E-state index contributed by atoms with van der Waals surface area (Å²) in [5.74, 6) is 2.46. The fraction of sp³-hybridized carbons (Fsp3) is 0.719. The zero-order valence-electron chi connectivity index (χ0n) is 45.1. The standard InChI is InChI=1S/C22H24N2.2C21H43.Ni/c1-3-5-7-19-11-15-21(16-12-19)22(8-6-17-24-23)20-13-9-18(4-2)10-14-20;2*1-3-5-7-9-11-13-15-17-19-21-20-18-16-14-12-10-8-6-4-2;/h6,8-16H,3-5,7H2,1-2H3;2*1,3-21H2,2H3;/q;2*-1;+2. The first-order valence-corrected chi connectivity index (χ1v) is 29.0. The normalized spacial score (nSPS) is 10.9. The second-order valence-electron chi connectivity index (χ2n) is 19.6. The molecular weight excluding hydrogens is 855 g/mol. The van der Waals surface area contributed by atoms with Crippen LogP contribution in [0.1, 0.15) is 307 Å². The molecular formula is C64H110N2Ni. The maximum absolute atomic E-state index is 8.56. The van der Waals surface area contributed by atoms with Crippen LogP contribution in [0, 0.1) is 13.8 Å². The Bertz CT molecular complexity index is 1290. The molecule has 0 atom stereocenters. The van der Waals surface area contributed by atoms with Crippen LogP contribution in [-0.2, 0) is 29.3 Å². The van der Waals surface area contributed by atoms with Crippen molar-refractivity contribution in [2.75, 3.05) is 0 Å². The van der Waals surface area contributed by atoms with E-state index in [9.17, 15) is 0 Å². The molecule has 0 spiro atoms. The Morgan fingerprint density at radius 1 is 0.403 bits per heavy atom. The minimum Gasteiger partial charge on any atom is -0.348 e. The van der Waals surface area contributed by atoms with Gasteiger partial charge in [0.05, 0.1) is 6.08 Å². The van der Waals surface area contributed by atoms with E-state index in [1.165, 1.54) is 255 Å². The van der Waals surface area contributed by atoms with Crippen LogP contribution in [0.5, 0.6) is 0 Å². The van der Waals surface area contributed by atoms with Crippen LogP contribution < -0.4 is 0 Å². The second kappa shape index (κ2) is 56.4. The summed E-state index contributed by atoms with van der Waals surface area (Å²) in [5.41, 5.74) is 14.6. The van der Waals surface area contributed by atoms with Gasteiger partial charge in [0.2, 0.25) is 0 Å². The van der Waals surface area contributed by atoms with Gasteiger partial charge in [-0.15, -0.1) is 4.79 Å². The monoisotopic (exact) mass is 965 g/mol. The first-order valence-electron chi connectivity index (χ1n) is 29.0. The van der Waals surface area contributed by atoms with Crippen molar-refractivity contribution >= 4 is 11.4 Å². The van der Waals surface area contributed by atoms with Gasteiger partial charge >= 0.3 is 16.5 Å². The van der Waals surface area contributed by atoms with Crippen LogP contribution in [0.2, 0.25) is 0 Å². The van der Waals surface area contributed by atoms with Crippen molar-refractivity contribution in [1.29, 1.82) is 0 Å². The van der Waals surface area contributed by atoms with Crippen molar-refractivity contribution in [1.82, 2.24) is 0 Å². The van der Waals surface area contributed by atoms with E-state index < -0.39 is 0 Å². The van der Waals surface area contributed by atoms with E-state index in [0.717, 1.165) is 42.4 Å². The third-order valence-electron chi connectivity index (χ3n) is 13.3. The Morgan fingerprint density at radius 3 is 0.925 bits per heavy atom. The number of aryl methyl sites for hydroxylation is 2. The Hall–Kier alpha value is -2.17. The van der Waals surface area contributed by atoms with Crippen LogP contribution >= 0.6 is 0 Å². The minimum atomic E-state index is 0. The number of benzene rings is 2. The smallest absolute Gasteiger partial charge is 0.348 e. The third-order valence-corrected chi connectivity index (χ3v) is 13.3. The van der Waals surface area contributed by atoms with Gasteiger partial charge in [-0.05, 0) is 53.2 Å². The topological polar surface area (TPSA) is 36.4 Å². The largest absolute Gasteiger partial charge is 2.00 e. The van der Waals surface area contributed by atoms with Gasteiger partial charge in [-0.1, -0.05) is 314 Å². The molecule has 0 bridgehead atoms. The van der Waals surface area contributed by atoms with Gasteiger partial charge in [0, 0.05) is 0 Å². The van der Waals surface area contributed by atoms with Gasteiger partial charge in [-0.3, -0.25) is 0 Å². The first-order chi connectivity index (χ1) is 32.6. The molecule has 2 aromatic carbocycles. The molecule has 0 unspecified atom stereocenters. The molecule has 2 rings (SSSR count). The molecule has 0 aromatic heterocycles. The fourth-order valence-electron chi connectivity index (χ4n) is 8.82. The van der Waals surface area contributed by atoms with Crippen LogP contribution in [0.3, 0.4) is 0 Å². The summed E-state index contributed by atoms with van der Waals surface area (Å²) < 4.78 is 0. The molecule has 386 valence electrons. The molecule has 2 nitrogen and oxygen atoms in total. The van der Waals surface area contributed by atoms with Gasteiger partial charge in [0.15, 0.2) is 0 Å². The summed E-state index contributed by atoms with van der Waals surface area (Å²) >= 11 is 0. The van der Waals surface area contributed by atoms with Crippen LogP contribution in [0.15, 0.2) is 60.7 Å². The summed E-state index contributed by atoms with van der Waals surface area (Å²) in [5, 5.41) is 0. The predicted octanol–water partition coefficient (Wildman–Crippen LogP) is 22.0. The van der Waals surface area contributed by atoms with E-state index in [2.05, 4.69) is 101 Å². The van der Waals surface area contributed by atoms with E-state index in [4.69, 9.17) is 5.53 Å². The molecule has 3 heteroatoms. The van der Waals surface area contributed by atoms with E-state index in [-0.39, 0.29) is 16.5 Å². The maximum Gasteiger partial charge on any atom is 2.00 e. The molecule has 0 aliphatic carbocycles. The van der Waals surface area contributed by atoms with E-state index >= 15 is 0 Å². The van der Waals surface area contributed by atoms with E-state index in [1.807, 2.05) is 6.08 Å². The first kappa shape index (κ1) is 66.9. The number of unbranched alkanes of at least 4 members (excludes halogenated alkanes) is 37. The molecule has 0 saturated heterocycles. The molecule has 0 aliphatic heterocycles. The summed E-state index contributed by atoms with van der Waals surface area (Å²) in [4.78, 5) is 2.92. The third kappa shape index (κ3) is 46.0. The molecule has 0 saturated carbocycles. The van der Waals surface area contributed by atoms with Crippen molar-refractivity contribution in [3.8, 4) is 0 Å². The van der Waals surface area contributed by atoms with E-state index in [1.54, 1.807) is 6.08 Å². The number of rotatable bonds is 43. The molecule has 0 heterocycles. The zero-order valence-corrected chi connectivity index (χ0v) is 46.1. The molecule has 0 radical (unpaired) electrons. The average Bonchev–Trinajstić information content (AvgIpc) is 3.35. The summed E-state index contributed by atoms with van der Waals surface area (Å²) in [6, 6.07) is 17.3. The SMILES string of the molecule is CCCCc1ccc(C(=CC=C=[N+]=[N-])c2ccc(CC)cc2)cc1.[CH2-]CCCCCCCCCCCCCCCCCCCC.[CH2-]CCCCCCCCCCCCCCCCCCCC.[Ni+2]. The van der Waals surface area contributed by atoms with E-state index in [0.29, 0.717) is 0 Å². The van der Waals surface area contributed by atoms with Crippen molar-refractivity contribution in [2.45, 2.75) is 297 Å². The molecule has 0 aliphatic rings. The molecule has 67 heavy (non-hydrogen) atoms. The molecule has 0 fully saturated rings. The van der Waals surface area contributed by atoms with Crippen LogP contribution in [0.25, 0.3) is 11.1 Å².